The van der Waals surface area contributed by atoms with E-state index in [0.29, 0.717) is 19.6 Å². The molecule has 1 aliphatic rings. The van der Waals surface area contributed by atoms with E-state index in [2.05, 4.69) is 40.2 Å². The number of morpholine rings is 1. The van der Waals surface area contributed by atoms with E-state index < -0.39 is 5.60 Å². The van der Waals surface area contributed by atoms with E-state index in [9.17, 15) is 4.79 Å². The summed E-state index contributed by atoms with van der Waals surface area (Å²) in [6, 6.07) is 20.4. The quantitative estimate of drug-likeness (QED) is 0.556. The lowest BCUT2D eigenvalue weighted by Gasteiger charge is -2.43. The molecule has 0 radical (unpaired) electrons. The van der Waals surface area contributed by atoms with Gasteiger partial charge in [-0.25, -0.2) is 0 Å². The smallest absolute Gasteiger partial charge is 0.255 e. The Bertz CT molecular complexity index is 1070. The Hall–Kier alpha value is -3.22. The fourth-order valence-electron chi connectivity index (χ4n) is 4.42. The topological polar surface area (TPSA) is 54.9 Å². The third-order valence-corrected chi connectivity index (χ3v) is 6.04. The van der Waals surface area contributed by atoms with Crippen LogP contribution in [-0.2, 0) is 22.5 Å². The lowest BCUT2D eigenvalue weighted by atomic mass is 9.89. The Morgan fingerprint density at radius 3 is 2.58 bits per heavy atom. The molecule has 0 unspecified atom stereocenters. The van der Waals surface area contributed by atoms with Crippen molar-refractivity contribution in [2.45, 2.75) is 18.6 Å². The van der Waals surface area contributed by atoms with Gasteiger partial charge in [0.25, 0.3) is 5.91 Å². The first-order valence-electron chi connectivity index (χ1n) is 11.2. The molecule has 1 fully saturated rings. The van der Waals surface area contributed by atoms with Crippen LogP contribution in [0.1, 0.15) is 11.1 Å². The molecule has 3 aromatic rings. The summed E-state index contributed by atoms with van der Waals surface area (Å²) in [5.41, 5.74) is 3.46. The van der Waals surface area contributed by atoms with E-state index in [-0.39, 0.29) is 5.91 Å². The molecule has 1 saturated heterocycles. The molecule has 0 saturated carbocycles. The second-order valence-electron chi connectivity index (χ2n) is 8.72. The predicted octanol–water partition coefficient (Wildman–Crippen LogP) is 3.66. The number of nitrogens with zero attached hydrogens (tertiary/aromatic N) is 3. The van der Waals surface area contributed by atoms with E-state index in [1.165, 1.54) is 5.56 Å². The summed E-state index contributed by atoms with van der Waals surface area (Å²) < 4.78 is 11.5. The fourth-order valence-corrected chi connectivity index (χ4v) is 4.42. The van der Waals surface area contributed by atoms with Crippen molar-refractivity contribution in [2.24, 2.45) is 0 Å². The van der Waals surface area contributed by atoms with Crippen LogP contribution in [0, 0.1) is 0 Å². The lowest BCUT2D eigenvalue weighted by Crippen LogP contribution is -2.60. The van der Waals surface area contributed by atoms with Gasteiger partial charge >= 0.3 is 0 Å². The molecule has 0 aliphatic carbocycles. The zero-order valence-electron chi connectivity index (χ0n) is 19.5. The third-order valence-electron chi connectivity index (χ3n) is 6.04. The Morgan fingerprint density at radius 1 is 1.09 bits per heavy atom. The van der Waals surface area contributed by atoms with Crippen LogP contribution < -0.4 is 4.74 Å². The average molecular weight is 446 g/mol. The molecule has 1 aromatic heterocycles. The number of amides is 1. The van der Waals surface area contributed by atoms with Crippen molar-refractivity contribution < 1.29 is 14.3 Å². The van der Waals surface area contributed by atoms with Gasteiger partial charge in [-0.2, -0.15) is 0 Å². The molecule has 33 heavy (non-hydrogen) atoms. The molecule has 1 amide bonds. The zero-order chi connectivity index (χ0) is 23.3. The standard InChI is InChI=1S/C27H31N3O3/c1-29(2)26(31)27(17-22-6-4-7-23(16-22)24-8-5-13-28-18-24)20-30(14-15-33-27)19-21-9-11-25(32-3)12-10-21/h4-13,16,18H,14-15,17,19-20H2,1-3H3/t27-/m0/s1. The number of likely N-dealkylation sites (N-methyl/N-ethyl adjacent to an activating group) is 1. The monoisotopic (exact) mass is 445 g/mol. The number of hydrogen-bond acceptors (Lipinski definition) is 5. The number of carbonyl (C=O) groups excluding carboxylic acids is 1. The Morgan fingerprint density at radius 2 is 1.88 bits per heavy atom. The van der Waals surface area contributed by atoms with Crippen molar-refractivity contribution in [2.75, 3.05) is 40.9 Å². The minimum atomic E-state index is -0.929. The summed E-state index contributed by atoms with van der Waals surface area (Å²) in [5, 5.41) is 0. The SMILES string of the molecule is COc1ccc(CN2CCO[C@](Cc3cccc(-c4cccnc4)c3)(C(=O)N(C)C)C2)cc1. The molecule has 0 N–H and O–H groups in total. The van der Waals surface area contributed by atoms with Crippen LogP contribution in [0.15, 0.2) is 73.1 Å². The van der Waals surface area contributed by atoms with Gasteiger partial charge in [0, 0.05) is 52.5 Å². The highest BCUT2D eigenvalue weighted by Crippen LogP contribution is 2.29. The van der Waals surface area contributed by atoms with Crippen molar-refractivity contribution in [1.29, 1.82) is 0 Å². The van der Waals surface area contributed by atoms with Crippen LogP contribution in [0.5, 0.6) is 5.75 Å². The summed E-state index contributed by atoms with van der Waals surface area (Å²) in [6.07, 6.45) is 4.14. The van der Waals surface area contributed by atoms with Gasteiger partial charge in [0.2, 0.25) is 0 Å². The van der Waals surface area contributed by atoms with Crippen molar-refractivity contribution in [3.05, 3.63) is 84.2 Å². The molecule has 172 valence electrons. The minimum absolute atomic E-state index is 0.00582. The Labute approximate surface area is 195 Å². The van der Waals surface area contributed by atoms with E-state index in [0.717, 1.165) is 35.5 Å². The van der Waals surface area contributed by atoms with Gasteiger partial charge < -0.3 is 14.4 Å². The first-order chi connectivity index (χ1) is 16.0. The fraction of sp³-hybridized carbons (Fsp3) is 0.333. The van der Waals surface area contributed by atoms with Crippen molar-refractivity contribution in [3.8, 4) is 16.9 Å². The van der Waals surface area contributed by atoms with E-state index >= 15 is 0 Å². The summed E-state index contributed by atoms with van der Waals surface area (Å²) >= 11 is 0. The van der Waals surface area contributed by atoms with Crippen LogP contribution in [0.4, 0.5) is 0 Å². The van der Waals surface area contributed by atoms with Gasteiger partial charge in [-0.3, -0.25) is 14.7 Å². The first-order valence-corrected chi connectivity index (χ1v) is 11.2. The van der Waals surface area contributed by atoms with Crippen molar-refractivity contribution in [3.63, 3.8) is 0 Å². The van der Waals surface area contributed by atoms with Gasteiger partial charge in [0.1, 0.15) is 5.75 Å². The largest absolute Gasteiger partial charge is 0.497 e. The van der Waals surface area contributed by atoms with Crippen LogP contribution in [0.3, 0.4) is 0 Å². The molecular formula is C27H31N3O3. The number of carbonyl (C=O) groups is 1. The number of methoxy groups -OCH3 is 1. The molecule has 1 aliphatic heterocycles. The number of aromatic nitrogens is 1. The molecular weight excluding hydrogens is 414 g/mol. The molecule has 0 spiro atoms. The summed E-state index contributed by atoms with van der Waals surface area (Å²) in [5.74, 6) is 0.833. The summed E-state index contributed by atoms with van der Waals surface area (Å²) in [7, 11) is 5.26. The normalized spacial score (nSPS) is 18.6. The van der Waals surface area contributed by atoms with Crippen LogP contribution in [0.25, 0.3) is 11.1 Å². The molecule has 6 nitrogen and oxygen atoms in total. The third kappa shape index (κ3) is 5.41. The predicted molar refractivity (Wildman–Crippen MR) is 129 cm³/mol. The maximum atomic E-state index is 13.4. The maximum Gasteiger partial charge on any atom is 0.255 e. The van der Waals surface area contributed by atoms with Crippen LogP contribution in [0.2, 0.25) is 0 Å². The highest BCUT2D eigenvalue weighted by Gasteiger charge is 2.44. The van der Waals surface area contributed by atoms with Crippen molar-refractivity contribution in [1.82, 2.24) is 14.8 Å². The van der Waals surface area contributed by atoms with E-state index in [1.807, 2.05) is 36.5 Å². The summed E-state index contributed by atoms with van der Waals surface area (Å²) in [4.78, 5) is 21.6. The molecule has 2 heterocycles. The minimum Gasteiger partial charge on any atom is -0.497 e. The van der Waals surface area contributed by atoms with Crippen molar-refractivity contribution >= 4 is 5.91 Å². The number of hydrogen-bond donors (Lipinski definition) is 0. The maximum absolute atomic E-state index is 13.4. The van der Waals surface area contributed by atoms with Gasteiger partial charge in [-0.1, -0.05) is 42.5 Å². The number of pyridine rings is 1. The second kappa shape index (κ2) is 10.1. The highest BCUT2D eigenvalue weighted by molar-refractivity contribution is 5.86. The van der Waals surface area contributed by atoms with Crippen LogP contribution in [-0.4, -0.2) is 67.2 Å². The van der Waals surface area contributed by atoms with Gasteiger partial charge in [0.15, 0.2) is 5.60 Å². The second-order valence-corrected chi connectivity index (χ2v) is 8.72. The number of rotatable bonds is 7. The zero-order valence-corrected chi connectivity index (χ0v) is 19.5. The first kappa shape index (κ1) is 23.0. The number of ether oxygens (including phenoxy) is 2. The average Bonchev–Trinajstić information content (AvgIpc) is 2.85. The summed E-state index contributed by atoms with van der Waals surface area (Å²) in [6.45, 7) is 2.58. The van der Waals surface area contributed by atoms with E-state index in [4.69, 9.17) is 9.47 Å². The van der Waals surface area contributed by atoms with E-state index in [1.54, 1.807) is 32.3 Å². The Balaban J connectivity index is 1.58. The molecule has 4 rings (SSSR count). The molecule has 0 bridgehead atoms. The Kier molecular flexibility index (Phi) is 7.06. The highest BCUT2D eigenvalue weighted by atomic mass is 16.5. The van der Waals surface area contributed by atoms with Crippen LogP contribution >= 0.6 is 0 Å². The number of benzene rings is 2. The molecule has 6 heteroatoms. The van der Waals surface area contributed by atoms with Gasteiger partial charge in [-0.05, 0) is 40.5 Å². The molecule has 2 aromatic carbocycles. The van der Waals surface area contributed by atoms with Gasteiger partial charge in [0.05, 0.1) is 13.7 Å². The molecule has 1 atom stereocenters. The lowest BCUT2D eigenvalue weighted by molar-refractivity contribution is -0.169. The van der Waals surface area contributed by atoms with Gasteiger partial charge in [-0.15, -0.1) is 0 Å².